The molecular weight excluding hydrogens is 330 g/mol. The summed E-state index contributed by atoms with van der Waals surface area (Å²) in [6.07, 6.45) is 2.75. The number of carbonyl (C=O) groups is 1. The third kappa shape index (κ3) is 2.84. The van der Waals surface area contributed by atoms with E-state index < -0.39 is 16.4 Å². The molecule has 1 heterocycles. The number of phenolic OH excluding ortho intramolecular Hbond substituents is 1. The van der Waals surface area contributed by atoms with E-state index in [9.17, 15) is 20.0 Å². The zero-order valence-corrected chi connectivity index (χ0v) is 14.2. The van der Waals surface area contributed by atoms with Gasteiger partial charge in [0.2, 0.25) is 0 Å². The van der Waals surface area contributed by atoms with E-state index in [0.717, 1.165) is 47.0 Å². The first kappa shape index (κ1) is 16.4. The lowest BCUT2D eigenvalue weighted by molar-refractivity contribution is -0.385. The molecule has 1 aromatic carbocycles. The first-order valence-electron chi connectivity index (χ1n) is 7.59. The molecule has 8 heteroatoms. The van der Waals surface area contributed by atoms with Gasteiger partial charge in [-0.25, -0.2) is 4.98 Å². The molecule has 7 nitrogen and oxygen atoms in total. The Morgan fingerprint density at radius 1 is 1.50 bits per heavy atom. The minimum absolute atomic E-state index is 0.0511. The standard InChI is InChI=1S/C16H17N3O4S/c1-9-17-11-4-3-5-13(15(11)24-9)18(2)16(21)10-6-7-12(19(22)23)14(20)8-10/h6-8,13,20H,3-5H2,1-2H3/t13-/m0/s1. The first-order chi connectivity index (χ1) is 11.4. The fraction of sp³-hybridized carbons (Fsp3) is 0.375. The molecular formula is C16H17N3O4S. The van der Waals surface area contributed by atoms with Gasteiger partial charge in [-0.2, -0.15) is 0 Å². The number of nitro benzene ring substituents is 1. The zero-order chi connectivity index (χ0) is 17.4. The predicted molar refractivity (Wildman–Crippen MR) is 89.4 cm³/mol. The molecule has 0 saturated carbocycles. The van der Waals surface area contributed by atoms with Crippen LogP contribution >= 0.6 is 11.3 Å². The molecule has 0 saturated heterocycles. The van der Waals surface area contributed by atoms with Crippen LogP contribution in [0.1, 0.15) is 44.8 Å². The van der Waals surface area contributed by atoms with Crippen LogP contribution in [0.4, 0.5) is 5.69 Å². The molecule has 0 unspecified atom stereocenters. The summed E-state index contributed by atoms with van der Waals surface area (Å²) in [5.74, 6) is -0.777. The highest BCUT2D eigenvalue weighted by molar-refractivity contribution is 7.11. The van der Waals surface area contributed by atoms with E-state index >= 15 is 0 Å². The van der Waals surface area contributed by atoms with Crippen molar-refractivity contribution in [2.24, 2.45) is 0 Å². The molecule has 0 aliphatic heterocycles. The minimum atomic E-state index is -0.680. The largest absolute Gasteiger partial charge is 0.502 e. The van der Waals surface area contributed by atoms with Crippen molar-refractivity contribution in [2.75, 3.05) is 7.05 Å². The molecule has 1 aliphatic rings. The molecule has 2 aromatic rings. The van der Waals surface area contributed by atoms with E-state index in [2.05, 4.69) is 4.98 Å². The van der Waals surface area contributed by atoms with Crippen molar-refractivity contribution < 1.29 is 14.8 Å². The number of aromatic nitrogens is 1. The molecule has 0 spiro atoms. The van der Waals surface area contributed by atoms with Gasteiger partial charge in [-0.3, -0.25) is 14.9 Å². The third-order valence-electron chi connectivity index (χ3n) is 4.24. The molecule has 0 fully saturated rings. The molecule has 1 atom stereocenters. The van der Waals surface area contributed by atoms with Crippen molar-refractivity contribution in [1.29, 1.82) is 0 Å². The number of phenols is 1. The van der Waals surface area contributed by atoms with Gasteiger partial charge >= 0.3 is 5.69 Å². The Kier molecular flexibility index (Phi) is 4.23. The highest BCUT2D eigenvalue weighted by Crippen LogP contribution is 2.38. The average Bonchev–Trinajstić information content (AvgIpc) is 2.93. The van der Waals surface area contributed by atoms with Gasteiger partial charge in [-0.05, 0) is 38.3 Å². The Bertz CT molecular complexity index is 818. The maximum Gasteiger partial charge on any atom is 0.310 e. The normalized spacial score (nSPS) is 16.5. The summed E-state index contributed by atoms with van der Waals surface area (Å²) < 4.78 is 0. The topological polar surface area (TPSA) is 96.6 Å². The third-order valence-corrected chi connectivity index (χ3v) is 5.35. The van der Waals surface area contributed by atoms with E-state index in [1.54, 1.807) is 23.3 Å². The van der Waals surface area contributed by atoms with Gasteiger partial charge in [0.05, 0.1) is 26.5 Å². The van der Waals surface area contributed by atoms with Crippen molar-refractivity contribution in [1.82, 2.24) is 9.88 Å². The summed E-state index contributed by atoms with van der Waals surface area (Å²) in [7, 11) is 1.72. The van der Waals surface area contributed by atoms with Crippen LogP contribution in [0, 0.1) is 17.0 Å². The number of aryl methyl sites for hydroxylation is 2. The molecule has 24 heavy (non-hydrogen) atoms. The smallest absolute Gasteiger partial charge is 0.310 e. The Labute approximate surface area is 142 Å². The Hall–Kier alpha value is -2.48. The lowest BCUT2D eigenvalue weighted by Gasteiger charge is -2.30. The minimum Gasteiger partial charge on any atom is -0.502 e. The summed E-state index contributed by atoms with van der Waals surface area (Å²) in [5.41, 5.74) is 0.876. The van der Waals surface area contributed by atoms with Crippen LogP contribution in [0.5, 0.6) is 5.75 Å². The second-order valence-electron chi connectivity index (χ2n) is 5.83. The summed E-state index contributed by atoms with van der Waals surface area (Å²) in [6.45, 7) is 1.95. The zero-order valence-electron chi connectivity index (χ0n) is 13.4. The van der Waals surface area contributed by atoms with Gasteiger partial charge in [0.15, 0.2) is 5.75 Å². The maximum absolute atomic E-state index is 12.7. The summed E-state index contributed by atoms with van der Waals surface area (Å²) >= 11 is 1.61. The number of benzene rings is 1. The van der Waals surface area contributed by atoms with E-state index in [1.165, 1.54) is 6.07 Å². The number of rotatable bonds is 3. The molecule has 0 bridgehead atoms. The highest BCUT2D eigenvalue weighted by Gasteiger charge is 2.30. The average molecular weight is 347 g/mol. The second kappa shape index (κ2) is 6.20. The Morgan fingerprint density at radius 2 is 2.25 bits per heavy atom. The quantitative estimate of drug-likeness (QED) is 0.679. The molecule has 0 radical (unpaired) electrons. The number of thiazole rings is 1. The molecule has 126 valence electrons. The number of aromatic hydroxyl groups is 1. The number of nitrogens with zero attached hydrogens (tertiary/aromatic N) is 3. The predicted octanol–water partition coefficient (Wildman–Crippen LogP) is 3.21. The fourth-order valence-electron chi connectivity index (χ4n) is 3.04. The lowest BCUT2D eigenvalue weighted by atomic mass is 9.96. The van der Waals surface area contributed by atoms with Crippen LogP contribution in [0.25, 0.3) is 0 Å². The van der Waals surface area contributed by atoms with Crippen LogP contribution in [0.3, 0.4) is 0 Å². The SMILES string of the molecule is Cc1nc2c(s1)[C@@H](N(C)C(=O)c1ccc([N+](=O)[O-])c(O)c1)CCC2. The monoisotopic (exact) mass is 347 g/mol. The molecule has 1 aliphatic carbocycles. The number of fused-ring (bicyclic) bond motifs is 1. The number of hydrogen-bond acceptors (Lipinski definition) is 6. The van der Waals surface area contributed by atoms with E-state index in [1.807, 2.05) is 6.92 Å². The number of hydrogen-bond donors (Lipinski definition) is 1. The second-order valence-corrected chi connectivity index (χ2v) is 7.06. The van der Waals surface area contributed by atoms with Crippen molar-refractivity contribution in [3.8, 4) is 5.75 Å². The van der Waals surface area contributed by atoms with Crippen molar-refractivity contribution in [3.63, 3.8) is 0 Å². The highest BCUT2D eigenvalue weighted by atomic mass is 32.1. The van der Waals surface area contributed by atoms with Crippen molar-refractivity contribution >= 4 is 22.9 Å². The van der Waals surface area contributed by atoms with Gasteiger partial charge in [0, 0.05) is 18.7 Å². The van der Waals surface area contributed by atoms with Gasteiger partial charge < -0.3 is 10.0 Å². The van der Waals surface area contributed by atoms with Gasteiger partial charge in [0.1, 0.15) is 0 Å². The van der Waals surface area contributed by atoms with Crippen LogP contribution in [0.2, 0.25) is 0 Å². The van der Waals surface area contributed by atoms with Crippen LogP contribution in [-0.2, 0) is 6.42 Å². The first-order valence-corrected chi connectivity index (χ1v) is 8.41. The van der Waals surface area contributed by atoms with E-state index in [0.29, 0.717) is 0 Å². The lowest BCUT2D eigenvalue weighted by Crippen LogP contribution is -2.32. The Balaban J connectivity index is 1.88. The van der Waals surface area contributed by atoms with Crippen LogP contribution < -0.4 is 0 Å². The summed E-state index contributed by atoms with van der Waals surface area (Å²) in [4.78, 5) is 30.1. The van der Waals surface area contributed by atoms with E-state index in [4.69, 9.17) is 0 Å². The van der Waals surface area contributed by atoms with Gasteiger partial charge in [-0.1, -0.05) is 0 Å². The maximum atomic E-state index is 12.7. The van der Waals surface area contributed by atoms with Crippen LogP contribution in [-0.4, -0.2) is 32.9 Å². The molecule has 1 N–H and O–H groups in total. The number of carbonyl (C=O) groups excluding carboxylic acids is 1. The number of nitro groups is 1. The fourth-order valence-corrected chi connectivity index (χ4v) is 4.20. The van der Waals surface area contributed by atoms with Gasteiger partial charge in [-0.15, -0.1) is 11.3 Å². The Morgan fingerprint density at radius 3 is 2.92 bits per heavy atom. The van der Waals surface area contributed by atoms with Crippen LogP contribution in [0.15, 0.2) is 18.2 Å². The number of amides is 1. The van der Waals surface area contributed by atoms with Crippen molar-refractivity contribution in [3.05, 3.63) is 49.5 Å². The summed E-state index contributed by atoms with van der Waals surface area (Å²) in [5, 5.41) is 21.5. The molecule has 1 amide bonds. The van der Waals surface area contributed by atoms with Crippen molar-refractivity contribution in [2.45, 2.75) is 32.2 Å². The van der Waals surface area contributed by atoms with Gasteiger partial charge in [0.25, 0.3) is 5.91 Å². The molecule has 1 aromatic heterocycles. The summed E-state index contributed by atoms with van der Waals surface area (Å²) in [6, 6.07) is 3.63. The molecule has 3 rings (SSSR count). The van der Waals surface area contributed by atoms with E-state index in [-0.39, 0.29) is 17.5 Å².